The van der Waals surface area contributed by atoms with Crippen LogP contribution < -0.4 is 15.1 Å². The van der Waals surface area contributed by atoms with E-state index in [4.69, 9.17) is 0 Å². The lowest BCUT2D eigenvalue weighted by Crippen LogP contribution is -2.46. The molecule has 0 aromatic heterocycles. The van der Waals surface area contributed by atoms with Crippen molar-refractivity contribution < 1.29 is 9.59 Å². The van der Waals surface area contributed by atoms with Gasteiger partial charge in [0.05, 0.1) is 17.9 Å². The Kier molecular flexibility index (Phi) is 5.30. The van der Waals surface area contributed by atoms with Gasteiger partial charge in [-0.3, -0.25) is 19.4 Å². The highest BCUT2D eigenvalue weighted by Gasteiger charge is 2.27. The van der Waals surface area contributed by atoms with Gasteiger partial charge in [-0.1, -0.05) is 30.3 Å². The Bertz CT molecular complexity index is 876. The minimum absolute atomic E-state index is 0.0635. The number of fused-ring (bicyclic) bond motifs is 1. The Morgan fingerprint density at radius 3 is 2.50 bits per heavy atom. The summed E-state index contributed by atoms with van der Waals surface area (Å²) in [4.78, 5) is 31.0. The molecule has 0 radical (unpaired) electrons. The molecule has 146 valence electrons. The average molecular weight is 378 g/mol. The number of likely N-dealkylation sites (N-methyl/N-ethyl adjacent to an activating group) is 1. The molecule has 1 fully saturated rings. The predicted molar refractivity (Wildman–Crippen MR) is 112 cm³/mol. The van der Waals surface area contributed by atoms with Gasteiger partial charge in [0.15, 0.2) is 0 Å². The molecule has 0 bridgehead atoms. The highest BCUT2D eigenvalue weighted by Crippen LogP contribution is 2.29. The topological polar surface area (TPSA) is 55.9 Å². The molecule has 0 saturated carbocycles. The molecule has 1 saturated heterocycles. The Morgan fingerprint density at radius 1 is 1.04 bits per heavy atom. The third-order valence-electron chi connectivity index (χ3n) is 5.36. The summed E-state index contributed by atoms with van der Waals surface area (Å²) in [5.41, 5.74) is 3.95. The number of hydrogen-bond acceptors (Lipinski definition) is 4. The lowest BCUT2D eigenvalue weighted by atomic mass is 10.1. The van der Waals surface area contributed by atoms with Gasteiger partial charge in [0, 0.05) is 25.3 Å². The molecule has 0 atom stereocenters. The number of carbonyl (C=O) groups is 2. The van der Waals surface area contributed by atoms with Gasteiger partial charge < -0.3 is 10.2 Å². The second kappa shape index (κ2) is 8.02. The van der Waals surface area contributed by atoms with Crippen LogP contribution in [0.1, 0.15) is 18.4 Å². The maximum atomic E-state index is 12.9. The number of nitrogens with zero attached hydrogens (tertiary/aromatic N) is 3. The van der Waals surface area contributed by atoms with E-state index in [1.165, 1.54) is 24.1 Å². The summed E-state index contributed by atoms with van der Waals surface area (Å²) in [6.45, 7) is 3.21. The van der Waals surface area contributed by atoms with Crippen LogP contribution in [0, 0.1) is 0 Å². The fraction of sp³-hybridized carbons (Fsp3) is 0.364. The van der Waals surface area contributed by atoms with Crippen LogP contribution in [0.25, 0.3) is 0 Å². The van der Waals surface area contributed by atoms with Crippen LogP contribution in [0.3, 0.4) is 0 Å². The van der Waals surface area contributed by atoms with E-state index in [1.54, 1.807) is 4.90 Å². The SMILES string of the molecule is CN(CC(=O)N1CC(=O)Nc2ccccc21)Cc1ccccc1N1CCCC1. The summed E-state index contributed by atoms with van der Waals surface area (Å²) >= 11 is 0. The van der Waals surface area contributed by atoms with Crippen molar-refractivity contribution in [1.29, 1.82) is 0 Å². The highest BCUT2D eigenvalue weighted by molar-refractivity contribution is 6.10. The van der Waals surface area contributed by atoms with Gasteiger partial charge in [-0.05, 0) is 43.7 Å². The second-order valence-electron chi connectivity index (χ2n) is 7.54. The molecule has 2 aliphatic rings. The van der Waals surface area contributed by atoms with E-state index in [2.05, 4.69) is 34.5 Å². The zero-order valence-corrected chi connectivity index (χ0v) is 16.2. The average Bonchev–Trinajstić information content (AvgIpc) is 3.22. The third kappa shape index (κ3) is 3.87. The summed E-state index contributed by atoms with van der Waals surface area (Å²) in [6.07, 6.45) is 2.47. The zero-order valence-electron chi connectivity index (χ0n) is 16.2. The number of carbonyl (C=O) groups excluding carboxylic acids is 2. The van der Waals surface area contributed by atoms with Crippen molar-refractivity contribution in [2.75, 3.05) is 48.3 Å². The van der Waals surface area contributed by atoms with E-state index in [-0.39, 0.29) is 24.9 Å². The first-order valence-electron chi connectivity index (χ1n) is 9.82. The minimum atomic E-state index is -0.158. The number of amides is 2. The van der Waals surface area contributed by atoms with Gasteiger partial charge in [0.25, 0.3) is 0 Å². The van der Waals surface area contributed by atoms with Crippen LogP contribution in [0.4, 0.5) is 17.1 Å². The van der Waals surface area contributed by atoms with Crippen LogP contribution in [0.5, 0.6) is 0 Å². The maximum Gasteiger partial charge on any atom is 0.244 e. The maximum absolute atomic E-state index is 12.9. The largest absolute Gasteiger partial charge is 0.371 e. The monoisotopic (exact) mass is 378 g/mol. The number of hydrogen-bond donors (Lipinski definition) is 1. The number of rotatable bonds is 5. The molecule has 4 rings (SSSR count). The molecule has 2 heterocycles. The van der Waals surface area contributed by atoms with Gasteiger partial charge in [0.1, 0.15) is 6.54 Å². The lowest BCUT2D eigenvalue weighted by molar-refractivity contribution is -0.122. The zero-order chi connectivity index (χ0) is 19.5. The van der Waals surface area contributed by atoms with Crippen molar-refractivity contribution in [2.45, 2.75) is 19.4 Å². The predicted octanol–water partition coefficient (Wildman–Crippen LogP) is 2.70. The van der Waals surface area contributed by atoms with Gasteiger partial charge in [-0.2, -0.15) is 0 Å². The molecule has 6 nitrogen and oxygen atoms in total. The lowest BCUT2D eigenvalue weighted by Gasteiger charge is -2.31. The van der Waals surface area contributed by atoms with Crippen LogP contribution in [0.2, 0.25) is 0 Å². The molecule has 0 aliphatic carbocycles. The normalized spacial score (nSPS) is 16.3. The summed E-state index contributed by atoms with van der Waals surface area (Å²) < 4.78 is 0. The van der Waals surface area contributed by atoms with Crippen molar-refractivity contribution in [2.24, 2.45) is 0 Å². The third-order valence-corrected chi connectivity index (χ3v) is 5.36. The van der Waals surface area contributed by atoms with E-state index < -0.39 is 0 Å². The number of benzene rings is 2. The second-order valence-corrected chi connectivity index (χ2v) is 7.54. The molecule has 1 N–H and O–H groups in total. The molecule has 0 spiro atoms. The Balaban J connectivity index is 1.46. The molecule has 2 aromatic carbocycles. The fourth-order valence-electron chi connectivity index (χ4n) is 4.03. The summed E-state index contributed by atoms with van der Waals surface area (Å²) in [6, 6.07) is 15.9. The van der Waals surface area contributed by atoms with E-state index in [0.717, 1.165) is 18.8 Å². The van der Waals surface area contributed by atoms with Crippen molar-refractivity contribution in [3.8, 4) is 0 Å². The molecule has 0 unspecified atom stereocenters. The Hall–Kier alpha value is -2.86. The number of anilines is 3. The molecule has 28 heavy (non-hydrogen) atoms. The summed E-state index contributed by atoms with van der Waals surface area (Å²) in [7, 11) is 1.95. The van der Waals surface area contributed by atoms with Crippen molar-refractivity contribution in [3.05, 3.63) is 54.1 Å². The van der Waals surface area contributed by atoms with E-state index in [1.807, 2.05) is 36.2 Å². The molecule has 6 heteroatoms. The summed E-state index contributed by atoms with van der Waals surface area (Å²) in [5, 5.41) is 2.82. The summed E-state index contributed by atoms with van der Waals surface area (Å²) in [5.74, 6) is -0.225. The molecular formula is C22H26N4O2. The van der Waals surface area contributed by atoms with Gasteiger partial charge >= 0.3 is 0 Å². The first-order chi connectivity index (χ1) is 13.6. The van der Waals surface area contributed by atoms with Gasteiger partial charge in [0.2, 0.25) is 11.8 Å². The highest BCUT2D eigenvalue weighted by atomic mass is 16.2. The van der Waals surface area contributed by atoms with Crippen LogP contribution >= 0.6 is 0 Å². The van der Waals surface area contributed by atoms with E-state index >= 15 is 0 Å². The number of nitrogens with one attached hydrogen (secondary N) is 1. The van der Waals surface area contributed by atoms with Gasteiger partial charge in [-0.15, -0.1) is 0 Å². The molecular weight excluding hydrogens is 352 g/mol. The molecule has 2 amide bonds. The first-order valence-corrected chi connectivity index (χ1v) is 9.82. The molecule has 2 aliphatic heterocycles. The van der Waals surface area contributed by atoms with E-state index in [0.29, 0.717) is 12.2 Å². The Labute approximate surface area is 165 Å². The minimum Gasteiger partial charge on any atom is -0.371 e. The van der Waals surface area contributed by atoms with Crippen LogP contribution in [-0.4, -0.2) is 49.9 Å². The van der Waals surface area contributed by atoms with Crippen LogP contribution in [-0.2, 0) is 16.1 Å². The smallest absolute Gasteiger partial charge is 0.244 e. The van der Waals surface area contributed by atoms with E-state index in [9.17, 15) is 9.59 Å². The first kappa shape index (κ1) is 18.5. The van der Waals surface area contributed by atoms with Gasteiger partial charge in [-0.25, -0.2) is 0 Å². The Morgan fingerprint density at radius 2 is 1.71 bits per heavy atom. The molecule has 2 aromatic rings. The van der Waals surface area contributed by atoms with Crippen molar-refractivity contribution >= 4 is 28.9 Å². The number of para-hydroxylation sites is 3. The van der Waals surface area contributed by atoms with Crippen molar-refractivity contribution in [1.82, 2.24) is 4.90 Å². The fourth-order valence-corrected chi connectivity index (χ4v) is 4.03. The quantitative estimate of drug-likeness (QED) is 0.869. The van der Waals surface area contributed by atoms with Crippen LogP contribution in [0.15, 0.2) is 48.5 Å². The standard InChI is InChI=1S/C22H26N4O2/c1-24(14-17-8-2-4-10-19(17)25-12-6-7-13-25)16-22(28)26-15-21(27)23-18-9-3-5-11-20(18)26/h2-5,8-11H,6-7,12-16H2,1H3,(H,23,27). The van der Waals surface area contributed by atoms with Crippen molar-refractivity contribution in [3.63, 3.8) is 0 Å².